The van der Waals surface area contributed by atoms with Gasteiger partial charge in [-0.3, -0.25) is 9.59 Å². The van der Waals surface area contributed by atoms with Gasteiger partial charge < -0.3 is 14.8 Å². The van der Waals surface area contributed by atoms with Crippen molar-refractivity contribution in [1.82, 2.24) is 0 Å². The molecule has 0 unspecified atom stereocenters. The highest BCUT2D eigenvalue weighted by molar-refractivity contribution is 5.92. The molecule has 0 aliphatic rings. The minimum absolute atomic E-state index is 0.214. The molecule has 120 valence electrons. The van der Waals surface area contributed by atoms with Crippen LogP contribution in [0.15, 0.2) is 36.4 Å². The first-order valence-electron chi connectivity index (χ1n) is 7.17. The Kier molecular flexibility index (Phi) is 5.36. The molecule has 0 atom stereocenters. The van der Waals surface area contributed by atoms with Crippen LogP contribution in [0.4, 0.5) is 5.69 Å². The highest BCUT2D eigenvalue weighted by atomic mass is 16.5. The molecule has 2 aromatic rings. The normalized spacial score (nSPS) is 10.0. The van der Waals surface area contributed by atoms with Crippen molar-refractivity contribution in [3.05, 3.63) is 53.1 Å². The number of carbonyl (C=O) groups excluding carboxylic acids is 2. The highest BCUT2D eigenvalue weighted by Crippen LogP contribution is 2.29. The molecule has 1 N–H and O–H groups in total. The Labute approximate surface area is 135 Å². The Hall–Kier alpha value is -2.82. The number of ether oxygens (including phenoxy) is 2. The van der Waals surface area contributed by atoms with E-state index in [4.69, 9.17) is 9.47 Å². The largest absolute Gasteiger partial charge is 0.493 e. The van der Waals surface area contributed by atoms with Crippen molar-refractivity contribution in [3.8, 4) is 11.5 Å². The lowest BCUT2D eigenvalue weighted by Crippen LogP contribution is -2.20. The average Bonchev–Trinajstić information content (AvgIpc) is 2.55. The zero-order chi connectivity index (χ0) is 16.8. The molecule has 0 aliphatic heterocycles. The second-order valence-electron chi connectivity index (χ2n) is 5.13. The van der Waals surface area contributed by atoms with Gasteiger partial charge >= 0.3 is 0 Å². The van der Waals surface area contributed by atoms with E-state index in [0.29, 0.717) is 23.3 Å². The first kappa shape index (κ1) is 16.5. The van der Waals surface area contributed by atoms with Crippen molar-refractivity contribution in [2.75, 3.05) is 19.0 Å². The lowest BCUT2D eigenvalue weighted by Gasteiger charge is -2.13. The van der Waals surface area contributed by atoms with E-state index in [9.17, 15) is 9.59 Å². The summed E-state index contributed by atoms with van der Waals surface area (Å²) < 4.78 is 10.6. The maximum absolute atomic E-state index is 12.0. The van der Waals surface area contributed by atoms with Gasteiger partial charge in [-0.15, -0.1) is 0 Å². The van der Waals surface area contributed by atoms with Gasteiger partial charge in [0.1, 0.15) is 0 Å². The van der Waals surface area contributed by atoms with Gasteiger partial charge in [0.15, 0.2) is 24.4 Å². The molecule has 23 heavy (non-hydrogen) atoms. The van der Waals surface area contributed by atoms with Crippen LogP contribution < -0.4 is 14.8 Å². The van der Waals surface area contributed by atoms with Gasteiger partial charge in [-0.2, -0.15) is 0 Å². The quantitative estimate of drug-likeness (QED) is 0.832. The van der Waals surface area contributed by atoms with Crippen LogP contribution in [0, 0.1) is 13.8 Å². The monoisotopic (exact) mass is 313 g/mol. The summed E-state index contributed by atoms with van der Waals surface area (Å²) in [5.41, 5.74) is 3.29. The Morgan fingerprint density at radius 2 is 1.96 bits per heavy atom. The van der Waals surface area contributed by atoms with E-state index in [1.54, 1.807) is 18.2 Å². The van der Waals surface area contributed by atoms with Gasteiger partial charge in [-0.05, 0) is 49.2 Å². The number of nitrogens with one attached hydrogen (secondary N) is 1. The number of carbonyl (C=O) groups is 2. The van der Waals surface area contributed by atoms with Crippen molar-refractivity contribution in [2.24, 2.45) is 0 Å². The van der Waals surface area contributed by atoms with E-state index in [-0.39, 0.29) is 18.3 Å². The van der Waals surface area contributed by atoms with Gasteiger partial charge in [0.05, 0.1) is 12.7 Å². The van der Waals surface area contributed by atoms with Crippen LogP contribution in [0.2, 0.25) is 0 Å². The van der Waals surface area contributed by atoms with Crippen LogP contribution in [-0.4, -0.2) is 25.9 Å². The number of hydrogen-bond acceptors (Lipinski definition) is 4. The molecule has 5 heteroatoms. The summed E-state index contributed by atoms with van der Waals surface area (Å²) in [4.78, 5) is 23.1. The molecule has 0 aliphatic carbocycles. The zero-order valence-electron chi connectivity index (χ0n) is 13.4. The minimum atomic E-state index is -0.309. The van der Waals surface area contributed by atoms with Crippen LogP contribution in [0.1, 0.15) is 21.5 Å². The summed E-state index contributed by atoms with van der Waals surface area (Å²) in [5.74, 6) is 0.366. The van der Waals surface area contributed by atoms with Crippen LogP contribution in [0.3, 0.4) is 0 Å². The van der Waals surface area contributed by atoms with Crippen molar-refractivity contribution in [1.29, 1.82) is 0 Å². The van der Waals surface area contributed by atoms with E-state index >= 15 is 0 Å². The summed E-state index contributed by atoms with van der Waals surface area (Å²) in [7, 11) is 1.48. The summed E-state index contributed by atoms with van der Waals surface area (Å²) in [5, 5.41) is 2.76. The zero-order valence-corrected chi connectivity index (χ0v) is 13.4. The summed E-state index contributed by atoms with van der Waals surface area (Å²) in [6.45, 7) is 3.77. The fraction of sp³-hybridized carbons (Fsp3) is 0.222. The number of aldehydes is 1. The molecule has 0 aromatic heterocycles. The lowest BCUT2D eigenvalue weighted by atomic mass is 10.1. The molecule has 5 nitrogen and oxygen atoms in total. The van der Waals surface area contributed by atoms with E-state index in [1.165, 1.54) is 7.11 Å². The molecule has 0 bridgehead atoms. The standard InChI is InChI=1S/C18H19NO4/c1-12-7-8-15(9-13(12)2)19-17(21)11-23-18-14(10-20)5-4-6-16(18)22-3/h4-10H,11H2,1-3H3,(H,19,21). The number of aryl methyl sites for hydroxylation is 2. The van der Waals surface area contributed by atoms with E-state index < -0.39 is 0 Å². The number of amides is 1. The topological polar surface area (TPSA) is 64.6 Å². The third-order valence-corrected chi connectivity index (χ3v) is 3.49. The molecule has 0 heterocycles. The number of methoxy groups -OCH3 is 1. The predicted molar refractivity (Wildman–Crippen MR) is 88.4 cm³/mol. The van der Waals surface area contributed by atoms with E-state index in [2.05, 4.69) is 5.32 Å². The van der Waals surface area contributed by atoms with Crippen LogP contribution >= 0.6 is 0 Å². The van der Waals surface area contributed by atoms with Crippen molar-refractivity contribution in [3.63, 3.8) is 0 Å². The molecule has 0 radical (unpaired) electrons. The SMILES string of the molecule is COc1cccc(C=O)c1OCC(=O)Nc1ccc(C)c(C)c1. The van der Waals surface area contributed by atoms with E-state index in [0.717, 1.165) is 11.1 Å². The average molecular weight is 313 g/mol. The van der Waals surface area contributed by atoms with Crippen molar-refractivity contribution < 1.29 is 19.1 Å². The maximum Gasteiger partial charge on any atom is 0.262 e. The minimum Gasteiger partial charge on any atom is -0.493 e. The molecular formula is C18H19NO4. The van der Waals surface area contributed by atoms with Gasteiger partial charge in [-0.1, -0.05) is 12.1 Å². The second-order valence-corrected chi connectivity index (χ2v) is 5.13. The molecule has 0 fully saturated rings. The van der Waals surface area contributed by atoms with Gasteiger partial charge in [-0.25, -0.2) is 0 Å². The Morgan fingerprint density at radius 1 is 1.17 bits per heavy atom. The second kappa shape index (κ2) is 7.45. The van der Waals surface area contributed by atoms with Crippen LogP contribution in [0.5, 0.6) is 11.5 Å². The fourth-order valence-corrected chi connectivity index (χ4v) is 2.09. The van der Waals surface area contributed by atoms with Gasteiger partial charge in [0, 0.05) is 5.69 Å². The molecule has 1 amide bonds. The number of hydrogen-bond donors (Lipinski definition) is 1. The molecule has 0 saturated heterocycles. The predicted octanol–water partition coefficient (Wildman–Crippen LogP) is 3.14. The van der Waals surface area contributed by atoms with Gasteiger partial charge in [0.2, 0.25) is 0 Å². The third kappa shape index (κ3) is 4.10. The van der Waals surface area contributed by atoms with Crippen molar-refractivity contribution >= 4 is 17.9 Å². The van der Waals surface area contributed by atoms with Crippen LogP contribution in [0.25, 0.3) is 0 Å². The highest BCUT2D eigenvalue weighted by Gasteiger charge is 2.12. The first-order chi connectivity index (χ1) is 11.0. The Balaban J connectivity index is 2.04. The number of anilines is 1. The van der Waals surface area contributed by atoms with Crippen LogP contribution in [-0.2, 0) is 4.79 Å². The van der Waals surface area contributed by atoms with Crippen molar-refractivity contribution in [2.45, 2.75) is 13.8 Å². The molecule has 2 rings (SSSR count). The Morgan fingerprint density at radius 3 is 2.61 bits per heavy atom. The smallest absolute Gasteiger partial charge is 0.262 e. The fourth-order valence-electron chi connectivity index (χ4n) is 2.09. The number of benzene rings is 2. The third-order valence-electron chi connectivity index (χ3n) is 3.49. The first-order valence-corrected chi connectivity index (χ1v) is 7.17. The number of rotatable bonds is 6. The van der Waals surface area contributed by atoms with E-state index in [1.807, 2.05) is 32.0 Å². The van der Waals surface area contributed by atoms with Gasteiger partial charge in [0.25, 0.3) is 5.91 Å². The maximum atomic E-state index is 12.0. The summed E-state index contributed by atoms with van der Waals surface area (Å²) >= 11 is 0. The molecule has 2 aromatic carbocycles. The summed E-state index contributed by atoms with van der Waals surface area (Å²) in [6.07, 6.45) is 0.666. The molecular weight excluding hydrogens is 294 g/mol. The molecule has 0 saturated carbocycles. The molecule has 0 spiro atoms. The lowest BCUT2D eigenvalue weighted by molar-refractivity contribution is -0.118. The summed E-state index contributed by atoms with van der Waals surface area (Å²) in [6, 6.07) is 10.6. The Bertz CT molecular complexity index is 725. The number of para-hydroxylation sites is 1.